The zero-order valence-corrected chi connectivity index (χ0v) is 11.4. The molecule has 108 valence electrons. The van der Waals surface area contributed by atoms with Gasteiger partial charge in [0, 0.05) is 12.1 Å². The van der Waals surface area contributed by atoms with Crippen LogP contribution in [0, 0.1) is 0 Å². The quantitative estimate of drug-likeness (QED) is 0.393. The molecule has 0 radical (unpaired) electrons. The molecule has 0 spiro atoms. The Kier molecular flexibility index (Phi) is 6.22. The van der Waals surface area contributed by atoms with E-state index in [2.05, 4.69) is 10.3 Å². The van der Waals surface area contributed by atoms with Crippen molar-refractivity contribution in [2.24, 2.45) is 10.7 Å². The summed E-state index contributed by atoms with van der Waals surface area (Å²) in [5, 5.41) is 11.6. The highest BCUT2D eigenvalue weighted by Crippen LogP contribution is 2.03. The fourth-order valence-corrected chi connectivity index (χ4v) is 1.64. The highest BCUT2D eigenvalue weighted by atomic mass is 16.4. The Morgan fingerprint density at radius 1 is 1.35 bits per heavy atom. The van der Waals surface area contributed by atoms with Crippen molar-refractivity contribution in [1.82, 2.24) is 5.32 Å². The summed E-state index contributed by atoms with van der Waals surface area (Å²) in [6.45, 7) is 2.12. The van der Waals surface area contributed by atoms with Crippen molar-refractivity contribution in [2.45, 2.75) is 25.8 Å². The van der Waals surface area contributed by atoms with E-state index in [1.807, 2.05) is 0 Å². The van der Waals surface area contributed by atoms with E-state index >= 15 is 0 Å². The molecule has 1 amide bonds. The first-order valence-corrected chi connectivity index (χ1v) is 6.36. The van der Waals surface area contributed by atoms with Crippen LogP contribution in [0.3, 0.4) is 0 Å². The number of benzene rings is 1. The molecule has 1 unspecified atom stereocenters. The first-order chi connectivity index (χ1) is 9.50. The zero-order valence-electron chi connectivity index (χ0n) is 11.4. The Hall–Kier alpha value is -2.37. The highest BCUT2D eigenvalue weighted by molar-refractivity contribution is 5.96. The van der Waals surface area contributed by atoms with Gasteiger partial charge in [0.15, 0.2) is 0 Å². The third kappa shape index (κ3) is 5.51. The number of carbonyl (C=O) groups excluding carboxylic acids is 1. The third-order valence-electron chi connectivity index (χ3n) is 2.65. The fourth-order valence-electron chi connectivity index (χ4n) is 1.64. The van der Waals surface area contributed by atoms with E-state index < -0.39 is 17.9 Å². The number of carbonyl (C=O) groups is 2. The summed E-state index contributed by atoms with van der Waals surface area (Å²) in [5.41, 5.74) is 5.83. The van der Waals surface area contributed by atoms with E-state index in [9.17, 15) is 9.59 Å². The van der Waals surface area contributed by atoms with Gasteiger partial charge in [0.1, 0.15) is 6.04 Å². The van der Waals surface area contributed by atoms with Gasteiger partial charge in [-0.05, 0) is 31.9 Å². The molecule has 0 aliphatic rings. The molecule has 6 nitrogen and oxygen atoms in total. The fraction of sp³-hybridized carbons (Fsp3) is 0.357. The number of amidine groups is 1. The maximum Gasteiger partial charge on any atom is 0.326 e. The van der Waals surface area contributed by atoms with Gasteiger partial charge in [-0.1, -0.05) is 18.2 Å². The molecule has 1 aromatic rings. The average Bonchev–Trinajstić information content (AvgIpc) is 2.42. The second-order valence-corrected chi connectivity index (χ2v) is 4.40. The minimum Gasteiger partial charge on any atom is -0.480 e. The number of aliphatic imine (C=N–C) groups is 1. The van der Waals surface area contributed by atoms with Crippen LogP contribution in [0.4, 0.5) is 0 Å². The summed E-state index contributed by atoms with van der Waals surface area (Å²) in [6.07, 6.45) is 0.852. The van der Waals surface area contributed by atoms with E-state index in [1.54, 1.807) is 37.3 Å². The predicted molar refractivity (Wildman–Crippen MR) is 76.7 cm³/mol. The molecule has 0 aromatic heterocycles. The smallest absolute Gasteiger partial charge is 0.326 e. The molecular formula is C14H19N3O3. The molecule has 6 heteroatoms. The van der Waals surface area contributed by atoms with E-state index in [0.717, 1.165) is 0 Å². The van der Waals surface area contributed by atoms with Crippen LogP contribution >= 0.6 is 0 Å². The summed E-state index contributed by atoms with van der Waals surface area (Å²) in [4.78, 5) is 27.0. The Balaban J connectivity index is 2.53. The number of rotatable bonds is 7. The lowest BCUT2D eigenvalue weighted by Crippen LogP contribution is -2.40. The summed E-state index contributed by atoms with van der Waals surface area (Å²) in [5.74, 6) is -0.982. The van der Waals surface area contributed by atoms with Crippen LogP contribution < -0.4 is 11.1 Å². The van der Waals surface area contributed by atoms with Crippen LogP contribution in [-0.4, -0.2) is 35.4 Å². The van der Waals surface area contributed by atoms with Gasteiger partial charge in [-0.15, -0.1) is 0 Å². The standard InChI is InChI=1S/C14H19N3O3/c1-10(15)16-9-5-8-12(14(19)20)17-13(18)11-6-3-2-4-7-11/h2-4,6-7,12H,5,8-9H2,1H3,(H2,15,16)(H,17,18)(H,19,20). The van der Waals surface area contributed by atoms with E-state index in [4.69, 9.17) is 10.8 Å². The maximum absolute atomic E-state index is 11.9. The minimum atomic E-state index is -1.05. The number of hydrogen-bond donors (Lipinski definition) is 3. The van der Waals surface area contributed by atoms with Gasteiger partial charge in [-0.3, -0.25) is 9.79 Å². The van der Waals surface area contributed by atoms with E-state index in [-0.39, 0.29) is 0 Å². The van der Waals surface area contributed by atoms with Crippen molar-refractivity contribution in [3.63, 3.8) is 0 Å². The number of hydrogen-bond acceptors (Lipinski definition) is 3. The number of nitrogens with one attached hydrogen (secondary N) is 1. The van der Waals surface area contributed by atoms with E-state index in [0.29, 0.717) is 30.8 Å². The maximum atomic E-state index is 11.9. The minimum absolute atomic E-state index is 0.310. The van der Waals surface area contributed by atoms with Gasteiger partial charge in [0.25, 0.3) is 5.91 Å². The second-order valence-electron chi connectivity index (χ2n) is 4.40. The Morgan fingerprint density at radius 2 is 2.00 bits per heavy atom. The van der Waals surface area contributed by atoms with Crippen molar-refractivity contribution >= 4 is 17.7 Å². The van der Waals surface area contributed by atoms with Gasteiger partial charge in [0.2, 0.25) is 0 Å². The van der Waals surface area contributed by atoms with Crippen LogP contribution in [-0.2, 0) is 4.79 Å². The Morgan fingerprint density at radius 3 is 2.55 bits per heavy atom. The molecule has 0 bridgehead atoms. The monoisotopic (exact) mass is 277 g/mol. The molecule has 0 heterocycles. The molecule has 0 fully saturated rings. The van der Waals surface area contributed by atoms with Crippen molar-refractivity contribution in [2.75, 3.05) is 6.54 Å². The molecule has 20 heavy (non-hydrogen) atoms. The van der Waals surface area contributed by atoms with Gasteiger partial charge < -0.3 is 16.2 Å². The topological polar surface area (TPSA) is 105 Å². The van der Waals surface area contributed by atoms with Crippen molar-refractivity contribution in [1.29, 1.82) is 0 Å². The Labute approximate surface area is 117 Å². The lowest BCUT2D eigenvalue weighted by atomic mass is 10.1. The SMILES string of the molecule is CC(N)=NCCCC(NC(=O)c1ccccc1)C(=O)O. The van der Waals surface area contributed by atoms with E-state index in [1.165, 1.54) is 0 Å². The number of carboxylic acid groups (broad SMARTS) is 1. The molecule has 4 N–H and O–H groups in total. The molecule has 0 aliphatic heterocycles. The second kappa shape index (κ2) is 7.93. The normalized spacial score (nSPS) is 12.8. The highest BCUT2D eigenvalue weighted by Gasteiger charge is 2.19. The van der Waals surface area contributed by atoms with Crippen LogP contribution in [0.25, 0.3) is 0 Å². The van der Waals surface area contributed by atoms with Crippen molar-refractivity contribution in [3.05, 3.63) is 35.9 Å². The average molecular weight is 277 g/mol. The van der Waals surface area contributed by atoms with Crippen LogP contribution in [0.2, 0.25) is 0 Å². The largest absolute Gasteiger partial charge is 0.480 e. The lowest BCUT2D eigenvalue weighted by molar-refractivity contribution is -0.139. The summed E-state index contributed by atoms with van der Waals surface area (Å²) in [6, 6.07) is 7.59. The molecule has 1 rings (SSSR count). The van der Waals surface area contributed by atoms with Crippen LogP contribution in [0.5, 0.6) is 0 Å². The molecule has 0 saturated carbocycles. The third-order valence-corrected chi connectivity index (χ3v) is 2.65. The molecule has 0 aliphatic carbocycles. The van der Waals surface area contributed by atoms with Crippen LogP contribution in [0.1, 0.15) is 30.1 Å². The number of nitrogens with zero attached hydrogens (tertiary/aromatic N) is 1. The zero-order chi connectivity index (χ0) is 15.0. The van der Waals surface area contributed by atoms with Crippen molar-refractivity contribution in [3.8, 4) is 0 Å². The molecule has 0 saturated heterocycles. The number of nitrogens with two attached hydrogens (primary N) is 1. The van der Waals surface area contributed by atoms with Gasteiger partial charge in [0.05, 0.1) is 5.84 Å². The van der Waals surface area contributed by atoms with Crippen LogP contribution in [0.15, 0.2) is 35.3 Å². The first kappa shape index (κ1) is 15.7. The summed E-state index contributed by atoms with van der Waals surface area (Å²) >= 11 is 0. The molecule has 1 aromatic carbocycles. The number of carboxylic acids is 1. The summed E-state index contributed by atoms with van der Waals surface area (Å²) < 4.78 is 0. The number of amides is 1. The van der Waals surface area contributed by atoms with Crippen molar-refractivity contribution < 1.29 is 14.7 Å². The van der Waals surface area contributed by atoms with Gasteiger partial charge in [-0.25, -0.2) is 4.79 Å². The van der Waals surface area contributed by atoms with Gasteiger partial charge >= 0.3 is 5.97 Å². The predicted octanol–water partition coefficient (Wildman–Crippen LogP) is 1.03. The molecular weight excluding hydrogens is 258 g/mol. The number of aliphatic carboxylic acids is 1. The van der Waals surface area contributed by atoms with Gasteiger partial charge in [-0.2, -0.15) is 0 Å². The summed E-state index contributed by atoms with van der Waals surface area (Å²) in [7, 11) is 0. The Bertz CT molecular complexity index is 482. The lowest BCUT2D eigenvalue weighted by Gasteiger charge is -2.14. The first-order valence-electron chi connectivity index (χ1n) is 6.36. The molecule has 1 atom stereocenters.